The lowest BCUT2D eigenvalue weighted by molar-refractivity contribution is -0.108. The van der Waals surface area contributed by atoms with Crippen LogP contribution >= 0.6 is 0 Å². The summed E-state index contributed by atoms with van der Waals surface area (Å²) in [6.45, 7) is 1.78. The van der Waals surface area contributed by atoms with Crippen LogP contribution < -0.4 is 9.47 Å². The van der Waals surface area contributed by atoms with E-state index in [4.69, 9.17) is 9.47 Å². The first-order chi connectivity index (χ1) is 9.08. The fourth-order valence-corrected chi connectivity index (χ4v) is 4.45. The lowest BCUT2D eigenvalue weighted by Gasteiger charge is -2.02. The molecule has 0 saturated heterocycles. The first kappa shape index (κ1) is 12.5. The Morgan fingerprint density at radius 1 is 1.32 bits per heavy atom. The van der Waals surface area contributed by atoms with Gasteiger partial charge in [0.05, 0.1) is 5.25 Å². The maximum absolute atomic E-state index is 11.9. The van der Waals surface area contributed by atoms with E-state index in [1.165, 1.54) is 0 Å². The van der Waals surface area contributed by atoms with E-state index >= 15 is 0 Å². The maximum Gasteiger partial charge on any atom is 0.231 e. The van der Waals surface area contributed by atoms with Crippen LogP contribution in [0.2, 0.25) is 0 Å². The minimum absolute atomic E-state index is 0.0586. The number of hydrogen-bond donors (Lipinski definition) is 0. The molecule has 3 rings (SSSR count). The Morgan fingerprint density at radius 2 is 2.05 bits per heavy atom. The molecule has 3 atom stereocenters. The van der Waals surface area contributed by atoms with Gasteiger partial charge in [-0.1, -0.05) is 13.0 Å². The van der Waals surface area contributed by atoms with Crippen molar-refractivity contribution in [1.82, 2.24) is 0 Å². The Kier molecular flexibility index (Phi) is 2.78. The van der Waals surface area contributed by atoms with Crippen molar-refractivity contribution in [2.45, 2.75) is 18.1 Å². The molecule has 0 N–H and O–H groups in total. The molecular weight excluding hydrogens is 268 g/mol. The number of ether oxygens (including phenoxy) is 2. The highest BCUT2D eigenvalue weighted by atomic mass is 32.2. The third-order valence-corrected chi connectivity index (χ3v) is 6.00. The van der Waals surface area contributed by atoms with Crippen molar-refractivity contribution in [2.24, 2.45) is 5.92 Å². The highest BCUT2D eigenvalue weighted by molar-refractivity contribution is 7.92. The summed E-state index contributed by atoms with van der Waals surface area (Å²) in [5, 5.41) is -0.588. The molecule has 0 unspecified atom stereocenters. The Hall–Kier alpha value is -1.56. The Bertz CT molecular complexity index is 622. The topological polar surface area (TPSA) is 69.7 Å². The molecule has 102 valence electrons. The van der Waals surface area contributed by atoms with Gasteiger partial charge >= 0.3 is 0 Å². The number of rotatable bonds is 4. The van der Waals surface area contributed by atoms with Crippen molar-refractivity contribution in [3.63, 3.8) is 0 Å². The molecule has 0 amide bonds. The summed E-state index contributed by atoms with van der Waals surface area (Å²) >= 11 is 0. The zero-order valence-corrected chi connectivity index (χ0v) is 11.2. The molecule has 1 aliphatic carbocycles. The van der Waals surface area contributed by atoms with Crippen LogP contribution in [0.3, 0.4) is 0 Å². The number of sulfone groups is 1. The number of carbonyl (C=O) groups excluding carboxylic acids is 1. The van der Waals surface area contributed by atoms with Crippen LogP contribution in [0.4, 0.5) is 0 Å². The van der Waals surface area contributed by atoms with Crippen LogP contribution in [-0.2, 0) is 14.6 Å². The van der Waals surface area contributed by atoms with E-state index in [1.54, 1.807) is 25.1 Å². The van der Waals surface area contributed by atoms with E-state index in [0.717, 1.165) is 11.8 Å². The van der Waals surface area contributed by atoms with Gasteiger partial charge in [0, 0.05) is 17.6 Å². The van der Waals surface area contributed by atoms with Gasteiger partial charge in [-0.2, -0.15) is 0 Å². The predicted molar refractivity (Wildman–Crippen MR) is 68.1 cm³/mol. The van der Waals surface area contributed by atoms with E-state index in [2.05, 4.69) is 0 Å². The SMILES string of the molecule is CCS(=O)(=O)[C@@H]1[C@@H](C=O)[C@@H]1c1ccc2c(c1)OCO2. The maximum atomic E-state index is 11.9. The Morgan fingerprint density at radius 3 is 2.74 bits per heavy atom. The third kappa shape index (κ3) is 1.90. The van der Waals surface area contributed by atoms with Crippen molar-refractivity contribution in [3.05, 3.63) is 23.8 Å². The molecule has 1 aromatic carbocycles. The average Bonchev–Trinajstić information content (AvgIpc) is 2.99. The molecule has 0 spiro atoms. The summed E-state index contributed by atoms with van der Waals surface area (Å²) < 4.78 is 34.4. The number of benzene rings is 1. The van der Waals surface area contributed by atoms with Gasteiger partial charge in [-0.3, -0.25) is 0 Å². The lowest BCUT2D eigenvalue weighted by atomic mass is 10.1. The molecule has 1 aliphatic heterocycles. The molecule has 2 aliphatic rings. The van der Waals surface area contributed by atoms with E-state index in [0.29, 0.717) is 11.5 Å². The number of aldehydes is 1. The highest BCUT2D eigenvalue weighted by Gasteiger charge is 2.58. The third-order valence-electron chi connectivity index (χ3n) is 3.76. The Labute approximate surface area is 111 Å². The van der Waals surface area contributed by atoms with Crippen LogP contribution in [-0.4, -0.2) is 32.5 Å². The number of fused-ring (bicyclic) bond motifs is 1. The van der Waals surface area contributed by atoms with Gasteiger partial charge in [0.1, 0.15) is 6.29 Å². The summed E-state index contributed by atoms with van der Waals surface area (Å²) in [6, 6.07) is 5.34. The first-order valence-electron chi connectivity index (χ1n) is 6.15. The van der Waals surface area contributed by atoms with E-state index < -0.39 is 21.0 Å². The van der Waals surface area contributed by atoms with Crippen molar-refractivity contribution in [2.75, 3.05) is 12.5 Å². The monoisotopic (exact) mass is 282 g/mol. The van der Waals surface area contributed by atoms with E-state index in [1.807, 2.05) is 0 Å². The second-order valence-corrected chi connectivity index (χ2v) is 7.22. The van der Waals surface area contributed by atoms with Crippen molar-refractivity contribution < 1.29 is 22.7 Å². The van der Waals surface area contributed by atoms with Gasteiger partial charge in [0.25, 0.3) is 0 Å². The smallest absolute Gasteiger partial charge is 0.231 e. The summed E-state index contributed by atoms with van der Waals surface area (Å²) in [4.78, 5) is 11.0. The molecule has 0 aromatic heterocycles. The summed E-state index contributed by atoms with van der Waals surface area (Å²) in [7, 11) is -3.20. The van der Waals surface area contributed by atoms with Gasteiger partial charge in [0.2, 0.25) is 6.79 Å². The van der Waals surface area contributed by atoms with Gasteiger partial charge in [-0.25, -0.2) is 8.42 Å². The molecule has 0 bridgehead atoms. The van der Waals surface area contributed by atoms with Crippen molar-refractivity contribution in [1.29, 1.82) is 0 Å². The predicted octanol–water partition coefficient (Wildman–Crippen LogP) is 1.13. The molecule has 19 heavy (non-hydrogen) atoms. The van der Waals surface area contributed by atoms with Crippen LogP contribution in [0.1, 0.15) is 18.4 Å². The second kappa shape index (κ2) is 4.23. The molecule has 1 heterocycles. The van der Waals surface area contributed by atoms with Gasteiger partial charge in [0.15, 0.2) is 21.3 Å². The molecule has 6 heteroatoms. The molecule has 1 aromatic rings. The molecule has 5 nitrogen and oxygen atoms in total. The summed E-state index contributed by atoms with van der Waals surface area (Å²) in [5.74, 6) is 0.634. The van der Waals surface area contributed by atoms with Crippen molar-refractivity contribution >= 4 is 16.1 Å². The zero-order valence-electron chi connectivity index (χ0n) is 10.4. The molecule has 0 radical (unpaired) electrons. The van der Waals surface area contributed by atoms with Crippen molar-refractivity contribution in [3.8, 4) is 11.5 Å². The minimum Gasteiger partial charge on any atom is -0.454 e. The molecule has 1 saturated carbocycles. The normalized spacial score (nSPS) is 28.2. The van der Waals surface area contributed by atoms with Gasteiger partial charge in [-0.05, 0) is 17.7 Å². The number of hydrogen-bond acceptors (Lipinski definition) is 5. The lowest BCUT2D eigenvalue weighted by Crippen LogP contribution is -2.12. The zero-order chi connectivity index (χ0) is 13.6. The van der Waals surface area contributed by atoms with Gasteiger partial charge in [-0.15, -0.1) is 0 Å². The standard InChI is InChI=1S/C13H14O5S/c1-2-19(15,16)13-9(6-14)12(13)8-3-4-10-11(5-8)18-7-17-10/h3-6,9,12-13H,2,7H2,1H3/t9-,12-,13+/m0/s1. The van der Waals surface area contributed by atoms with Gasteiger partial charge < -0.3 is 14.3 Å². The summed E-state index contributed by atoms with van der Waals surface area (Å²) in [5.41, 5.74) is 0.823. The fraction of sp³-hybridized carbons (Fsp3) is 0.462. The van der Waals surface area contributed by atoms with Crippen LogP contribution in [0, 0.1) is 5.92 Å². The first-order valence-corrected chi connectivity index (χ1v) is 7.86. The van der Waals surface area contributed by atoms with E-state index in [9.17, 15) is 13.2 Å². The average molecular weight is 282 g/mol. The largest absolute Gasteiger partial charge is 0.454 e. The Balaban J connectivity index is 1.93. The van der Waals surface area contributed by atoms with E-state index in [-0.39, 0.29) is 18.5 Å². The minimum atomic E-state index is -3.20. The fourth-order valence-electron chi connectivity index (χ4n) is 2.65. The quantitative estimate of drug-likeness (QED) is 0.774. The van der Waals surface area contributed by atoms with Crippen LogP contribution in [0.5, 0.6) is 11.5 Å². The van der Waals surface area contributed by atoms with Crippen LogP contribution in [0.25, 0.3) is 0 Å². The second-order valence-electron chi connectivity index (χ2n) is 4.77. The molecule has 1 fully saturated rings. The number of carbonyl (C=O) groups is 1. The molecular formula is C13H14O5S. The van der Waals surface area contributed by atoms with Crippen LogP contribution in [0.15, 0.2) is 18.2 Å². The highest BCUT2D eigenvalue weighted by Crippen LogP contribution is 2.52. The summed E-state index contributed by atoms with van der Waals surface area (Å²) in [6.07, 6.45) is 0.743.